The Morgan fingerprint density at radius 3 is 2.52 bits per heavy atom. The maximum atomic E-state index is 11.9. The van der Waals surface area contributed by atoms with E-state index < -0.39 is 9.84 Å². The largest absolute Gasteiger partial charge is 0.264 e. The highest BCUT2D eigenvalue weighted by Gasteiger charge is 2.34. The van der Waals surface area contributed by atoms with Crippen molar-refractivity contribution >= 4 is 26.3 Å². The van der Waals surface area contributed by atoms with Crippen LogP contribution in [-0.2, 0) is 9.84 Å². The van der Waals surface area contributed by atoms with E-state index in [2.05, 4.69) is 22.0 Å². The lowest BCUT2D eigenvalue weighted by Crippen LogP contribution is -2.15. The van der Waals surface area contributed by atoms with Crippen LogP contribution in [0.3, 0.4) is 0 Å². The fourth-order valence-corrected chi connectivity index (χ4v) is 4.75. The molecule has 0 spiro atoms. The molecule has 27 heavy (non-hydrogen) atoms. The minimum Gasteiger partial charge on any atom is -0.264 e. The van der Waals surface area contributed by atoms with Crippen LogP contribution in [-0.4, -0.2) is 25.4 Å². The molecule has 0 bridgehead atoms. The summed E-state index contributed by atoms with van der Waals surface area (Å²) in [5, 5.41) is 2.10. The predicted molar refractivity (Wildman–Crippen MR) is 109 cm³/mol. The second-order valence-electron chi connectivity index (χ2n) is 7.40. The molecule has 4 nitrogen and oxygen atoms in total. The minimum atomic E-state index is -3.04. The van der Waals surface area contributed by atoms with E-state index in [0.717, 1.165) is 40.3 Å². The normalized spacial score (nSPS) is 15.4. The molecule has 1 atom stereocenters. The van der Waals surface area contributed by atoms with Crippen LogP contribution in [0.4, 0.5) is 5.69 Å². The van der Waals surface area contributed by atoms with E-state index in [4.69, 9.17) is 6.57 Å². The van der Waals surface area contributed by atoms with Gasteiger partial charge in [0.25, 0.3) is 0 Å². The van der Waals surface area contributed by atoms with Crippen LogP contribution < -0.4 is 0 Å². The van der Waals surface area contributed by atoms with Crippen molar-refractivity contribution in [2.24, 2.45) is 5.92 Å². The van der Waals surface area contributed by atoms with Gasteiger partial charge in [0.15, 0.2) is 5.69 Å². The molecule has 0 amide bonds. The summed E-state index contributed by atoms with van der Waals surface area (Å²) >= 11 is 0. The van der Waals surface area contributed by atoms with Crippen LogP contribution >= 0.6 is 0 Å². The maximum absolute atomic E-state index is 11.9. The van der Waals surface area contributed by atoms with Gasteiger partial charge >= 0.3 is 0 Å². The SMILES string of the molecule is [C-]#[N+]c1ccc2cc(-c3cncc(C(CS(C)(=O)=O)C4CC4)c3)ccc2c1. The summed E-state index contributed by atoms with van der Waals surface area (Å²) in [4.78, 5) is 7.87. The van der Waals surface area contributed by atoms with Crippen LogP contribution in [0.5, 0.6) is 0 Å². The number of hydrogen-bond donors (Lipinski definition) is 0. The molecule has 0 aliphatic heterocycles. The van der Waals surface area contributed by atoms with Crippen LogP contribution in [0.15, 0.2) is 54.9 Å². The number of aromatic nitrogens is 1. The van der Waals surface area contributed by atoms with Gasteiger partial charge in [-0.1, -0.05) is 24.3 Å². The number of nitrogens with zero attached hydrogens (tertiary/aromatic N) is 2. The van der Waals surface area contributed by atoms with E-state index >= 15 is 0 Å². The highest BCUT2D eigenvalue weighted by molar-refractivity contribution is 7.90. The van der Waals surface area contributed by atoms with Crippen LogP contribution in [0.25, 0.3) is 26.7 Å². The van der Waals surface area contributed by atoms with Crippen molar-refractivity contribution < 1.29 is 8.42 Å². The summed E-state index contributed by atoms with van der Waals surface area (Å²) in [6.45, 7) is 7.14. The predicted octanol–water partition coefficient (Wildman–Crippen LogP) is 4.99. The third-order valence-electron chi connectivity index (χ3n) is 5.15. The van der Waals surface area contributed by atoms with E-state index in [1.54, 1.807) is 6.20 Å². The first-order chi connectivity index (χ1) is 12.9. The van der Waals surface area contributed by atoms with Gasteiger partial charge in [-0.3, -0.25) is 4.98 Å². The molecule has 1 heterocycles. The van der Waals surface area contributed by atoms with E-state index in [1.807, 2.05) is 36.5 Å². The first-order valence-electron chi connectivity index (χ1n) is 8.97. The fourth-order valence-electron chi connectivity index (χ4n) is 3.63. The molecule has 1 aliphatic carbocycles. The van der Waals surface area contributed by atoms with Crippen molar-refractivity contribution in [3.63, 3.8) is 0 Å². The second kappa shape index (κ2) is 6.79. The molecule has 1 aliphatic rings. The summed E-state index contributed by atoms with van der Waals surface area (Å²) in [5.74, 6) is 0.648. The van der Waals surface area contributed by atoms with Crippen LogP contribution in [0.1, 0.15) is 24.3 Å². The van der Waals surface area contributed by atoms with Gasteiger partial charge in [0.2, 0.25) is 0 Å². The third kappa shape index (κ3) is 4.01. The van der Waals surface area contributed by atoms with Gasteiger partial charge in [0, 0.05) is 30.1 Å². The molecule has 3 aromatic rings. The summed E-state index contributed by atoms with van der Waals surface area (Å²) < 4.78 is 23.7. The Balaban J connectivity index is 1.71. The standard InChI is InChI=1S/C22H20N2O2S/c1-23-21-8-7-16-9-17(5-6-18(16)11-21)19-10-20(13-24-12-19)22(15-3-4-15)14-27(2,25)26/h5-13,15,22H,3-4,14H2,2H3. The van der Waals surface area contributed by atoms with Gasteiger partial charge in [-0.25, -0.2) is 13.3 Å². The monoisotopic (exact) mass is 376 g/mol. The summed E-state index contributed by atoms with van der Waals surface area (Å²) in [5.41, 5.74) is 3.67. The Hall–Kier alpha value is -2.71. The van der Waals surface area contributed by atoms with Gasteiger partial charge in [-0.15, -0.1) is 0 Å². The first-order valence-corrected chi connectivity index (χ1v) is 11.0. The van der Waals surface area contributed by atoms with Crippen molar-refractivity contribution in [2.45, 2.75) is 18.8 Å². The number of sulfone groups is 1. The molecule has 1 aromatic heterocycles. The molecule has 2 aromatic carbocycles. The molecule has 4 rings (SSSR count). The summed E-state index contributed by atoms with van der Waals surface area (Å²) in [6, 6.07) is 13.9. The maximum Gasteiger partial charge on any atom is 0.187 e. The lowest BCUT2D eigenvalue weighted by atomic mass is 9.94. The zero-order valence-corrected chi connectivity index (χ0v) is 15.9. The second-order valence-corrected chi connectivity index (χ2v) is 9.59. The zero-order valence-electron chi connectivity index (χ0n) is 15.1. The quantitative estimate of drug-likeness (QED) is 0.590. The Labute approximate surface area is 159 Å². The Morgan fingerprint density at radius 1 is 1.07 bits per heavy atom. The molecule has 0 radical (unpaired) electrons. The topological polar surface area (TPSA) is 51.4 Å². The number of hydrogen-bond acceptors (Lipinski definition) is 3. The highest BCUT2D eigenvalue weighted by Crippen LogP contribution is 2.43. The lowest BCUT2D eigenvalue weighted by molar-refractivity contribution is 0.581. The van der Waals surface area contributed by atoms with E-state index in [1.165, 1.54) is 6.26 Å². The molecular formula is C22H20N2O2S. The molecule has 0 saturated heterocycles. The minimum absolute atomic E-state index is 0.0223. The first kappa shape index (κ1) is 17.7. The number of pyridine rings is 1. The van der Waals surface area contributed by atoms with Gasteiger partial charge in [0.05, 0.1) is 12.3 Å². The molecule has 1 fully saturated rings. The number of fused-ring (bicyclic) bond motifs is 1. The number of benzene rings is 2. The smallest absolute Gasteiger partial charge is 0.187 e. The Kier molecular flexibility index (Phi) is 4.45. The van der Waals surface area contributed by atoms with E-state index in [9.17, 15) is 8.42 Å². The Bertz CT molecular complexity index is 1160. The van der Waals surface area contributed by atoms with Crippen molar-refractivity contribution in [1.29, 1.82) is 0 Å². The molecule has 0 N–H and O–H groups in total. The summed E-state index contributed by atoms with van der Waals surface area (Å²) in [7, 11) is -3.04. The fraction of sp³-hybridized carbons (Fsp3) is 0.273. The lowest BCUT2D eigenvalue weighted by Gasteiger charge is -2.16. The molecule has 1 unspecified atom stereocenters. The molecular weight excluding hydrogens is 356 g/mol. The third-order valence-corrected chi connectivity index (χ3v) is 6.11. The zero-order chi connectivity index (χ0) is 19.0. The van der Waals surface area contributed by atoms with Crippen LogP contribution in [0, 0.1) is 12.5 Å². The molecule has 5 heteroatoms. The van der Waals surface area contributed by atoms with Gasteiger partial charge in [-0.2, -0.15) is 0 Å². The molecule has 136 valence electrons. The number of rotatable bonds is 5. The van der Waals surface area contributed by atoms with Crippen molar-refractivity contribution in [1.82, 2.24) is 4.98 Å². The van der Waals surface area contributed by atoms with Gasteiger partial charge in [-0.05, 0) is 58.9 Å². The van der Waals surface area contributed by atoms with Crippen molar-refractivity contribution in [2.75, 3.05) is 12.0 Å². The highest BCUT2D eigenvalue weighted by atomic mass is 32.2. The van der Waals surface area contributed by atoms with E-state index in [0.29, 0.717) is 11.6 Å². The van der Waals surface area contributed by atoms with Crippen LogP contribution in [0.2, 0.25) is 0 Å². The average Bonchev–Trinajstić information content (AvgIpc) is 3.50. The Morgan fingerprint density at radius 2 is 1.81 bits per heavy atom. The van der Waals surface area contributed by atoms with Gasteiger partial charge < -0.3 is 0 Å². The van der Waals surface area contributed by atoms with Gasteiger partial charge in [0.1, 0.15) is 9.84 Å². The molecule has 1 saturated carbocycles. The average molecular weight is 376 g/mol. The van der Waals surface area contributed by atoms with Crippen molar-refractivity contribution in [3.8, 4) is 11.1 Å². The summed E-state index contributed by atoms with van der Waals surface area (Å²) in [6.07, 6.45) is 7.11. The van der Waals surface area contributed by atoms with E-state index in [-0.39, 0.29) is 11.7 Å². The van der Waals surface area contributed by atoms with Crippen molar-refractivity contribution in [3.05, 3.63) is 71.8 Å².